The first-order chi connectivity index (χ1) is 7.43. The second-order valence-electron chi connectivity index (χ2n) is 7.14. The van der Waals surface area contributed by atoms with E-state index in [1.807, 2.05) is 0 Å². The molecular formula is C12H29N3OSi. The van der Waals surface area contributed by atoms with Crippen molar-refractivity contribution < 1.29 is 4.43 Å². The Hall–Kier alpha value is 0.0569. The molecule has 0 bridgehead atoms. The highest BCUT2D eigenvalue weighted by molar-refractivity contribution is 6.74. The molecule has 2 atom stereocenters. The van der Waals surface area contributed by atoms with Crippen LogP contribution in [0.1, 0.15) is 40.0 Å². The number of nitrogens with two attached hydrogens (primary N) is 3. The molecule has 1 saturated carbocycles. The highest BCUT2D eigenvalue weighted by Gasteiger charge is 2.42. The van der Waals surface area contributed by atoms with E-state index in [2.05, 4.69) is 33.9 Å². The van der Waals surface area contributed by atoms with Gasteiger partial charge in [-0.15, -0.1) is 0 Å². The Kier molecular flexibility index (Phi) is 4.11. The van der Waals surface area contributed by atoms with Crippen molar-refractivity contribution in [2.24, 2.45) is 17.2 Å². The Morgan fingerprint density at radius 2 is 1.71 bits per heavy atom. The normalized spacial score (nSPS) is 30.4. The van der Waals surface area contributed by atoms with Gasteiger partial charge in [-0.1, -0.05) is 20.8 Å². The first-order valence-electron chi connectivity index (χ1n) is 6.44. The summed E-state index contributed by atoms with van der Waals surface area (Å²) in [6.45, 7) is 11.2. The predicted molar refractivity (Wildman–Crippen MR) is 75.0 cm³/mol. The Morgan fingerprint density at radius 3 is 2.12 bits per heavy atom. The largest absolute Gasteiger partial charge is 0.414 e. The molecule has 0 saturated heterocycles. The molecule has 0 radical (unpaired) electrons. The Balaban J connectivity index is 2.69. The zero-order valence-corrected chi connectivity index (χ0v) is 12.9. The van der Waals surface area contributed by atoms with E-state index in [0.29, 0.717) is 12.8 Å². The van der Waals surface area contributed by atoms with Gasteiger partial charge in [0.1, 0.15) is 0 Å². The molecule has 1 aliphatic rings. The molecule has 0 aromatic heterocycles. The molecule has 0 spiro atoms. The third kappa shape index (κ3) is 4.03. The third-order valence-electron chi connectivity index (χ3n) is 4.08. The van der Waals surface area contributed by atoms with E-state index in [-0.39, 0.29) is 17.2 Å². The van der Waals surface area contributed by atoms with Crippen molar-refractivity contribution in [2.75, 3.05) is 0 Å². The van der Waals surface area contributed by atoms with Crippen molar-refractivity contribution in [2.45, 2.75) is 76.0 Å². The standard InChI is InChI=1S/C12H29N3OSi/c1-11(2,3)17(4,5)16-10-6-9(13)7-12(14,15)8-10/h9-10H,6-8,13-15H2,1-5H3. The summed E-state index contributed by atoms with van der Waals surface area (Å²) in [6.07, 6.45) is 2.40. The number of hydrogen-bond donors (Lipinski definition) is 3. The van der Waals surface area contributed by atoms with Gasteiger partial charge in [0.05, 0.1) is 5.66 Å². The molecule has 2 unspecified atom stereocenters. The molecule has 102 valence electrons. The minimum absolute atomic E-state index is 0.0634. The zero-order chi connectivity index (χ0) is 13.5. The van der Waals surface area contributed by atoms with Crippen LogP contribution in [0.4, 0.5) is 0 Å². The lowest BCUT2D eigenvalue weighted by Crippen LogP contribution is -2.60. The van der Waals surface area contributed by atoms with Crippen molar-refractivity contribution in [1.29, 1.82) is 0 Å². The molecule has 0 aromatic carbocycles. The van der Waals surface area contributed by atoms with E-state index in [1.165, 1.54) is 0 Å². The summed E-state index contributed by atoms with van der Waals surface area (Å²) in [5.74, 6) is 0. The van der Waals surface area contributed by atoms with Gasteiger partial charge < -0.3 is 21.6 Å². The van der Waals surface area contributed by atoms with Crippen molar-refractivity contribution in [1.82, 2.24) is 0 Å². The first-order valence-corrected chi connectivity index (χ1v) is 9.35. The zero-order valence-electron chi connectivity index (χ0n) is 11.9. The smallest absolute Gasteiger partial charge is 0.192 e. The van der Waals surface area contributed by atoms with Crippen LogP contribution in [-0.4, -0.2) is 26.1 Å². The van der Waals surface area contributed by atoms with Gasteiger partial charge in [0.15, 0.2) is 8.32 Å². The second-order valence-corrected chi connectivity index (χ2v) is 11.9. The van der Waals surface area contributed by atoms with Gasteiger partial charge in [-0.2, -0.15) is 0 Å². The molecule has 0 heterocycles. The summed E-state index contributed by atoms with van der Waals surface area (Å²) in [6, 6.07) is 0.0634. The second kappa shape index (κ2) is 4.62. The summed E-state index contributed by atoms with van der Waals surface area (Å²) < 4.78 is 6.35. The molecule has 1 fully saturated rings. The number of hydrogen-bond acceptors (Lipinski definition) is 4. The predicted octanol–water partition coefficient (Wildman–Crippen LogP) is 1.50. The maximum atomic E-state index is 6.35. The fraction of sp³-hybridized carbons (Fsp3) is 1.00. The fourth-order valence-corrected chi connectivity index (χ4v) is 3.55. The lowest BCUT2D eigenvalue weighted by molar-refractivity contribution is 0.0870. The summed E-state index contributed by atoms with van der Waals surface area (Å²) in [5, 5.41) is 0.209. The maximum absolute atomic E-state index is 6.35. The lowest BCUT2D eigenvalue weighted by Gasteiger charge is -2.44. The van der Waals surface area contributed by atoms with Gasteiger partial charge in [0.2, 0.25) is 0 Å². The van der Waals surface area contributed by atoms with Gasteiger partial charge in [0, 0.05) is 18.6 Å². The van der Waals surface area contributed by atoms with Crippen LogP contribution in [0.15, 0.2) is 0 Å². The van der Waals surface area contributed by atoms with Crippen LogP contribution < -0.4 is 17.2 Å². The van der Waals surface area contributed by atoms with E-state index in [9.17, 15) is 0 Å². The van der Waals surface area contributed by atoms with Crippen molar-refractivity contribution in [3.05, 3.63) is 0 Å². The van der Waals surface area contributed by atoms with Crippen LogP contribution in [-0.2, 0) is 4.43 Å². The average Bonchev–Trinajstić information content (AvgIpc) is 1.94. The molecule has 6 N–H and O–H groups in total. The Bertz CT molecular complexity index is 273. The lowest BCUT2D eigenvalue weighted by atomic mass is 9.85. The molecule has 0 amide bonds. The van der Waals surface area contributed by atoms with E-state index in [4.69, 9.17) is 21.6 Å². The minimum atomic E-state index is -1.75. The molecule has 1 aliphatic carbocycles. The van der Waals surface area contributed by atoms with Crippen molar-refractivity contribution >= 4 is 8.32 Å². The SMILES string of the molecule is CC(C)(C)[Si](C)(C)OC1CC(N)CC(N)(N)C1. The molecule has 17 heavy (non-hydrogen) atoms. The minimum Gasteiger partial charge on any atom is -0.414 e. The van der Waals surface area contributed by atoms with Gasteiger partial charge >= 0.3 is 0 Å². The van der Waals surface area contributed by atoms with Crippen LogP contribution in [0.2, 0.25) is 18.1 Å². The summed E-state index contributed by atoms with van der Waals surface area (Å²) >= 11 is 0. The number of rotatable bonds is 2. The monoisotopic (exact) mass is 259 g/mol. The van der Waals surface area contributed by atoms with E-state index in [1.54, 1.807) is 0 Å². The molecule has 0 aromatic rings. The highest BCUT2D eigenvalue weighted by atomic mass is 28.4. The summed E-state index contributed by atoms with van der Waals surface area (Å²) in [7, 11) is -1.75. The van der Waals surface area contributed by atoms with Gasteiger partial charge in [-0.05, 0) is 31.0 Å². The molecule has 4 nitrogen and oxygen atoms in total. The van der Waals surface area contributed by atoms with Crippen LogP contribution in [0.5, 0.6) is 0 Å². The Labute approximate surface area is 106 Å². The average molecular weight is 259 g/mol. The highest BCUT2D eigenvalue weighted by Crippen LogP contribution is 2.39. The third-order valence-corrected chi connectivity index (χ3v) is 8.62. The first kappa shape index (κ1) is 15.1. The van der Waals surface area contributed by atoms with Crippen molar-refractivity contribution in [3.63, 3.8) is 0 Å². The van der Waals surface area contributed by atoms with Gasteiger partial charge in [-0.3, -0.25) is 0 Å². The van der Waals surface area contributed by atoms with Crippen LogP contribution >= 0.6 is 0 Å². The summed E-state index contributed by atoms with van der Waals surface area (Å²) in [4.78, 5) is 0. The topological polar surface area (TPSA) is 87.3 Å². The van der Waals surface area contributed by atoms with Gasteiger partial charge in [-0.25, -0.2) is 0 Å². The van der Waals surface area contributed by atoms with E-state index < -0.39 is 14.0 Å². The van der Waals surface area contributed by atoms with E-state index >= 15 is 0 Å². The summed E-state index contributed by atoms with van der Waals surface area (Å²) in [5.41, 5.74) is 17.4. The molecular weight excluding hydrogens is 230 g/mol. The maximum Gasteiger partial charge on any atom is 0.192 e. The van der Waals surface area contributed by atoms with Crippen LogP contribution in [0.25, 0.3) is 0 Å². The molecule has 0 aliphatic heterocycles. The van der Waals surface area contributed by atoms with Crippen LogP contribution in [0, 0.1) is 0 Å². The van der Waals surface area contributed by atoms with Crippen LogP contribution in [0.3, 0.4) is 0 Å². The van der Waals surface area contributed by atoms with E-state index in [0.717, 1.165) is 6.42 Å². The quantitative estimate of drug-likeness (QED) is 0.518. The molecule has 1 rings (SSSR count). The van der Waals surface area contributed by atoms with Gasteiger partial charge in [0.25, 0.3) is 0 Å². The fourth-order valence-electron chi connectivity index (χ4n) is 2.18. The molecule has 5 heteroatoms. The van der Waals surface area contributed by atoms with Crippen molar-refractivity contribution in [3.8, 4) is 0 Å². The Morgan fingerprint density at radius 1 is 1.18 bits per heavy atom.